The fraction of sp³-hybridized carbons (Fsp3) is 0.429. The number of ketones is 1. The second-order valence-corrected chi connectivity index (χ2v) is 11.6. The molecule has 0 fully saturated rings. The first-order chi connectivity index (χ1) is 15.6. The van der Waals surface area contributed by atoms with Crippen molar-refractivity contribution in [3.8, 4) is 6.07 Å². The molecule has 0 bridgehead atoms. The van der Waals surface area contributed by atoms with Crippen molar-refractivity contribution in [2.45, 2.75) is 78.6 Å². The number of rotatable bonds is 9. The smallest absolute Gasteiger partial charge is 0.178 e. The molecule has 2 nitrogen and oxygen atoms in total. The lowest BCUT2D eigenvalue weighted by Gasteiger charge is -2.12. The second-order valence-electron chi connectivity index (χ2n) is 9.48. The van der Waals surface area contributed by atoms with Crippen LogP contribution >= 0.6 is 22.7 Å². The van der Waals surface area contributed by atoms with Crippen LogP contribution in [0.1, 0.15) is 107 Å². The Morgan fingerprint density at radius 3 is 2.24 bits per heavy atom. The van der Waals surface area contributed by atoms with Crippen LogP contribution in [0.15, 0.2) is 29.6 Å². The normalized spacial score (nSPS) is 11.5. The van der Waals surface area contributed by atoms with Gasteiger partial charge in [-0.15, -0.1) is 22.7 Å². The Balaban J connectivity index is 1.82. The maximum atomic E-state index is 15.0. The monoisotopic (exact) mass is 481 g/mol. The summed E-state index contributed by atoms with van der Waals surface area (Å²) in [6.07, 6.45) is 1.64. The Kier molecular flexibility index (Phi) is 8.26. The molecule has 0 amide bonds. The first kappa shape index (κ1) is 25.3. The predicted molar refractivity (Wildman–Crippen MR) is 137 cm³/mol. The zero-order valence-electron chi connectivity index (χ0n) is 20.3. The summed E-state index contributed by atoms with van der Waals surface area (Å²) in [5.74, 6) is 0.547. The van der Waals surface area contributed by atoms with Crippen molar-refractivity contribution in [2.24, 2.45) is 0 Å². The van der Waals surface area contributed by atoms with E-state index in [4.69, 9.17) is 0 Å². The van der Waals surface area contributed by atoms with Crippen LogP contribution in [0.25, 0.3) is 0 Å². The van der Waals surface area contributed by atoms with E-state index in [2.05, 4.69) is 45.9 Å². The lowest BCUT2D eigenvalue weighted by Crippen LogP contribution is -2.03. The average molecular weight is 482 g/mol. The highest BCUT2D eigenvalue weighted by molar-refractivity contribution is 7.13. The molecule has 0 aliphatic carbocycles. The van der Waals surface area contributed by atoms with E-state index in [0.29, 0.717) is 36.7 Å². The first-order valence-electron chi connectivity index (χ1n) is 11.6. The van der Waals surface area contributed by atoms with E-state index in [0.717, 1.165) is 20.9 Å². The SMILES string of the molecule is CC(C)c1cc(CC(=O)c2sccc2C(C)C)sc1CCc1ccc(C(C)C)c(C#N)c1F. The molecule has 0 unspecified atom stereocenters. The van der Waals surface area contributed by atoms with Gasteiger partial charge in [-0.25, -0.2) is 4.39 Å². The third-order valence-electron chi connectivity index (χ3n) is 6.03. The lowest BCUT2D eigenvalue weighted by atomic mass is 9.93. The van der Waals surface area contributed by atoms with Crippen LogP contribution in [0, 0.1) is 17.1 Å². The van der Waals surface area contributed by atoms with E-state index in [9.17, 15) is 10.1 Å². The molecule has 0 radical (unpaired) electrons. The number of benzene rings is 1. The Labute approximate surface area is 205 Å². The summed E-state index contributed by atoms with van der Waals surface area (Å²) in [4.78, 5) is 16.1. The number of carbonyl (C=O) groups excluding carboxylic acids is 1. The number of carbonyl (C=O) groups is 1. The highest BCUT2D eigenvalue weighted by Crippen LogP contribution is 2.33. The Morgan fingerprint density at radius 1 is 0.970 bits per heavy atom. The minimum absolute atomic E-state index is 0.104. The molecule has 0 N–H and O–H groups in total. The molecular formula is C28H32FNOS2. The molecule has 5 heteroatoms. The van der Waals surface area contributed by atoms with Crippen LogP contribution in [0.5, 0.6) is 0 Å². The standard InChI is InChI=1S/C28H32FNOS2/c1-16(2)21-9-7-19(27(29)24(21)15-30)8-10-26-23(18(5)6)13-20(33-26)14-25(31)28-22(17(3)4)11-12-32-28/h7,9,11-13,16-18H,8,10,14H2,1-6H3. The van der Waals surface area contributed by atoms with Gasteiger partial charge >= 0.3 is 0 Å². The predicted octanol–water partition coefficient (Wildman–Crippen LogP) is 8.40. The molecule has 3 aromatic rings. The van der Waals surface area contributed by atoms with Gasteiger partial charge in [0.2, 0.25) is 0 Å². The largest absolute Gasteiger partial charge is 0.293 e. The molecule has 3 rings (SSSR count). The summed E-state index contributed by atoms with van der Waals surface area (Å²) in [5.41, 5.74) is 3.86. The molecule has 0 aliphatic rings. The maximum Gasteiger partial charge on any atom is 0.178 e. The zero-order chi connectivity index (χ0) is 24.3. The van der Waals surface area contributed by atoms with Crippen molar-refractivity contribution in [2.75, 3.05) is 0 Å². The van der Waals surface area contributed by atoms with Gasteiger partial charge in [0.1, 0.15) is 11.9 Å². The quantitative estimate of drug-likeness (QED) is 0.288. The van der Waals surface area contributed by atoms with Crippen LogP contribution in [-0.4, -0.2) is 5.78 Å². The highest BCUT2D eigenvalue weighted by atomic mass is 32.1. The minimum Gasteiger partial charge on any atom is -0.293 e. The van der Waals surface area contributed by atoms with Crippen molar-refractivity contribution >= 4 is 28.5 Å². The minimum atomic E-state index is -0.388. The summed E-state index contributed by atoms with van der Waals surface area (Å²) in [5, 5.41) is 11.5. The lowest BCUT2D eigenvalue weighted by molar-refractivity contribution is 0.0996. The first-order valence-corrected chi connectivity index (χ1v) is 13.3. The number of nitrogens with zero attached hydrogens (tertiary/aromatic N) is 1. The molecule has 33 heavy (non-hydrogen) atoms. The molecule has 0 saturated carbocycles. The summed E-state index contributed by atoms with van der Waals surface area (Å²) >= 11 is 3.19. The van der Waals surface area contributed by atoms with Gasteiger partial charge in [0, 0.05) is 16.2 Å². The molecule has 2 heterocycles. The highest BCUT2D eigenvalue weighted by Gasteiger charge is 2.20. The van der Waals surface area contributed by atoms with Gasteiger partial charge in [0.05, 0.1) is 10.4 Å². The molecule has 0 spiro atoms. The van der Waals surface area contributed by atoms with Crippen molar-refractivity contribution in [3.05, 3.63) is 77.9 Å². The van der Waals surface area contributed by atoms with Crippen LogP contribution in [0.3, 0.4) is 0 Å². The van der Waals surface area contributed by atoms with Gasteiger partial charge in [-0.1, -0.05) is 53.7 Å². The number of aryl methyl sites for hydroxylation is 2. The molecule has 0 saturated heterocycles. The van der Waals surface area contributed by atoms with Gasteiger partial charge in [0.15, 0.2) is 5.78 Å². The van der Waals surface area contributed by atoms with Gasteiger partial charge in [-0.3, -0.25) is 4.79 Å². The summed E-state index contributed by atoms with van der Waals surface area (Å²) in [7, 11) is 0. The average Bonchev–Trinajstić information content (AvgIpc) is 3.40. The molecule has 0 atom stereocenters. The molecule has 2 aromatic heterocycles. The molecule has 0 aliphatic heterocycles. The van der Waals surface area contributed by atoms with Crippen LogP contribution in [0.2, 0.25) is 0 Å². The number of hydrogen-bond acceptors (Lipinski definition) is 4. The number of hydrogen-bond donors (Lipinski definition) is 0. The topological polar surface area (TPSA) is 40.9 Å². The number of nitriles is 1. The van der Waals surface area contributed by atoms with Crippen LogP contribution < -0.4 is 0 Å². The van der Waals surface area contributed by atoms with Crippen molar-refractivity contribution in [1.82, 2.24) is 0 Å². The Hall–Kier alpha value is -2.29. The fourth-order valence-corrected chi connectivity index (χ4v) is 6.50. The zero-order valence-corrected chi connectivity index (χ0v) is 21.9. The van der Waals surface area contributed by atoms with E-state index in [1.54, 1.807) is 11.3 Å². The van der Waals surface area contributed by atoms with Crippen LogP contribution in [0.4, 0.5) is 4.39 Å². The van der Waals surface area contributed by atoms with Crippen molar-refractivity contribution in [1.29, 1.82) is 5.26 Å². The summed E-state index contributed by atoms with van der Waals surface area (Å²) < 4.78 is 15.0. The fourth-order valence-electron chi connectivity index (χ4n) is 4.18. The van der Waals surface area contributed by atoms with Crippen LogP contribution in [-0.2, 0) is 19.3 Å². The number of Topliss-reactive ketones (excluding diaryl/α,β-unsaturated/α-hetero) is 1. The number of halogens is 1. The summed E-state index contributed by atoms with van der Waals surface area (Å²) in [6.45, 7) is 12.5. The van der Waals surface area contributed by atoms with Gasteiger partial charge in [-0.05, 0) is 70.4 Å². The van der Waals surface area contributed by atoms with Gasteiger partial charge in [-0.2, -0.15) is 5.26 Å². The number of thiophene rings is 2. The Bertz CT molecular complexity index is 1180. The van der Waals surface area contributed by atoms with E-state index in [-0.39, 0.29) is 23.1 Å². The maximum absolute atomic E-state index is 15.0. The molecule has 174 valence electrons. The van der Waals surface area contributed by atoms with E-state index in [1.807, 2.05) is 31.4 Å². The molecular weight excluding hydrogens is 449 g/mol. The van der Waals surface area contributed by atoms with E-state index < -0.39 is 0 Å². The van der Waals surface area contributed by atoms with Crippen molar-refractivity contribution in [3.63, 3.8) is 0 Å². The second kappa shape index (κ2) is 10.8. The van der Waals surface area contributed by atoms with Gasteiger partial charge < -0.3 is 0 Å². The van der Waals surface area contributed by atoms with Crippen molar-refractivity contribution < 1.29 is 9.18 Å². The third-order valence-corrected chi connectivity index (χ3v) is 8.21. The Morgan fingerprint density at radius 2 is 1.64 bits per heavy atom. The van der Waals surface area contributed by atoms with E-state index >= 15 is 4.39 Å². The summed E-state index contributed by atoms with van der Waals surface area (Å²) in [6, 6.07) is 9.97. The molecule has 1 aromatic carbocycles. The van der Waals surface area contributed by atoms with Gasteiger partial charge in [0.25, 0.3) is 0 Å². The third kappa shape index (κ3) is 5.62. The van der Waals surface area contributed by atoms with E-state index in [1.165, 1.54) is 21.8 Å².